The van der Waals surface area contributed by atoms with Gasteiger partial charge in [0.15, 0.2) is 5.78 Å². The number of carbonyl (C=O) groups is 1. The van der Waals surface area contributed by atoms with Gasteiger partial charge in [0.1, 0.15) is 0 Å². The first-order valence-corrected chi connectivity index (χ1v) is 5.38. The van der Waals surface area contributed by atoms with Gasteiger partial charge in [-0.3, -0.25) is 4.79 Å². The van der Waals surface area contributed by atoms with Gasteiger partial charge in [-0.2, -0.15) is 0 Å². The van der Waals surface area contributed by atoms with Gasteiger partial charge in [-0.1, -0.05) is 23.2 Å². The molecule has 1 aromatic carbocycles. The lowest BCUT2D eigenvalue weighted by Gasteiger charge is -2.03. The summed E-state index contributed by atoms with van der Waals surface area (Å²) < 4.78 is 0.532. The average molecular weight is 302 g/mol. The Balaban J connectivity index is 3.28. The Kier molecular flexibility index (Phi) is 4.05. The summed E-state index contributed by atoms with van der Waals surface area (Å²) in [6.07, 6.45) is 0. The zero-order valence-corrected chi connectivity index (χ0v) is 10.1. The maximum absolute atomic E-state index is 11.3. The van der Waals surface area contributed by atoms with E-state index in [9.17, 15) is 4.79 Å². The Morgan fingerprint density at radius 2 is 2.00 bits per heavy atom. The van der Waals surface area contributed by atoms with Gasteiger partial charge in [-0.25, -0.2) is 0 Å². The van der Waals surface area contributed by atoms with E-state index in [0.717, 1.165) is 0 Å². The van der Waals surface area contributed by atoms with Crippen molar-refractivity contribution >= 4 is 56.5 Å². The molecule has 1 aromatic rings. The highest BCUT2D eigenvalue weighted by atomic mass is 79.9. The second-order valence-electron chi connectivity index (χ2n) is 2.31. The number of Topliss-reactive ketones (excluding diaryl/α,β-unsaturated/α-hetero) is 1. The van der Waals surface area contributed by atoms with Crippen LogP contribution in [0.25, 0.3) is 0 Å². The Bertz CT molecular complexity index is 351. The summed E-state index contributed by atoms with van der Waals surface area (Å²) in [6.45, 7) is 0. The molecule has 0 fully saturated rings. The number of hydrogen-bond acceptors (Lipinski definition) is 1. The van der Waals surface area contributed by atoms with Gasteiger partial charge < -0.3 is 0 Å². The fourth-order valence-electron chi connectivity index (χ4n) is 0.831. The molecule has 0 aromatic heterocycles. The summed E-state index contributed by atoms with van der Waals surface area (Å²) in [5.74, 6) is -0.298. The Hall–Kier alpha value is 0.240. The first kappa shape index (κ1) is 11.3. The van der Waals surface area contributed by atoms with Crippen LogP contribution < -0.4 is 0 Å². The van der Waals surface area contributed by atoms with E-state index in [2.05, 4.69) is 15.9 Å². The molecule has 0 saturated carbocycles. The molecular formula is C8H4BrCl3O. The van der Waals surface area contributed by atoms with Crippen molar-refractivity contribution in [3.8, 4) is 0 Å². The van der Waals surface area contributed by atoms with E-state index in [-0.39, 0.29) is 11.7 Å². The highest BCUT2D eigenvalue weighted by molar-refractivity contribution is 9.10. The van der Waals surface area contributed by atoms with Crippen molar-refractivity contribution in [1.29, 1.82) is 0 Å². The van der Waals surface area contributed by atoms with E-state index < -0.39 is 0 Å². The summed E-state index contributed by atoms with van der Waals surface area (Å²) in [4.78, 5) is 11.3. The summed E-state index contributed by atoms with van der Waals surface area (Å²) in [5, 5.41) is 0.822. The van der Waals surface area contributed by atoms with Gasteiger partial charge in [0.25, 0.3) is 0 Å². The van der Waals surface area contributed by atoms with E-state index in [1.807, 2.05) is 0 Å². The van der Waals surface area contributed by atoms with E-state index in [1.54, 1.807) is 6.07 Å². The minimum atomic E-state index is -0.210. The number of benzene rings is 1. The molecule has 1 rings (SSSR count). The molecule has 0 aliphatic carbocycles. The molecule has 0 saturated heterocycles. The predicted octanol–water partition coefficient (Wildman–Crippen LogP) is 4.18. The lowest BCUT2D eigenvalue weighted by Crippen LogP contribution is -2.01. The van der Waals surface area contributed by atoms with Crippen LogP contribution in [0.15, 0.2) is 16.6 Å². The monoisotopic (exact) mass is 300 g/mol. The second-order valence-corrected chi connectivity index (χ2v) is 4.21. The van der Waals surface area contributed by atoms with Crippen molar-refractivity contribution in [2.75, 3.05) is 5.88 Å². The molecule has 0 N–H and O–H groups in total. The van der Waals surface area contributed by atoms with Crippen molar-refractivity contribution in [2.45, 2.75) is 0 Å². The first-order valence-electron chi connectivity index (χ1n) is 3.30. The quantitative estimate of drug-likeness (QED) is 0.455. The molecule has 0 aliphatic heterocycles. The van der Waals surface area contributed by atoms with Gasteiger partial charge in [0, 0.05) is 15.1 Å². The molecular weight excluding hydrogens is 298 g/mol. The van der Waals surface area contributed by atoms with Crippen LogP contribution in [0.4, 0.5) is 0 Å². The van der Waals surface area contributed by atoms with Crippen LogP contribution in [-0.4, -0.2) is 11.7 Å². The number of hydrogen-bond donors (Lipinski definition) is 0. The Morgan fingerprint density at radius 3 is 2.54 bits per heavy atom. The zero-order chi connectivity index (χ0) is 10.0. The largest absolute Gasteiger partial charge is 0.293 e. The summed E-state index contributed by atoms with van der Waals surface area (Å²) in [5.41, 5.74) is 0.410. The number of rotatable bonds is 2. The van der Waals surface area contributed by atoms with Crippen molar-refractivity contribution in [2.24, 2.45) is 0 Å². The van der Waals surface area contributed by atoms with Crippen molar-refractivity contribution < 1.29 is 4.79 Å². The van der Waals surface area contributed by atoms with Gasteiger partial charge in [0.05, 0.1) is 10.9 Å². The van der Waals surface area contributed by atoms with Crippen LogP contribution in [0.3, 0.4) is 0 Å². The van der Waals surface area contributed by atoms with Crippen LogP contribution >= 0.6 is 50.7 Å². The SMILES string of the molecule is O=C(CCl)c1cc(Cl)cc(Cl)c1Br. The van der Waals surface area contributed by atoms with Crippen LogP contribution in [0.2, 0.25) is 10.0 Å². The number of halogens is 4. The van der Waals surface area contributed by atoms with Gasteiger partial charge in [0.2, 0.25) is 0 Å². The smallest absolute Gasteiger partial charge is 0.178 e. The van der Waals surface area contributed by atoms with Gasteiger partial charge >= 0.3 is 0 Å². The topological polar surface area (TPSA) is 17.1 Å². The third-order valence-corrected chi connectivity index (χ3v) is 3.26. The molecule has 0 heterocycles. The Labute approximate surface area is 99.1 Å². The molecule has 0 radical (unpaired) electrons. The van der Waals surface area contributed by atoms with E-state index >= 15 is 0 Å². The lowest BCUT2D eigenvalue weighted by atomic mass is 10.1. The predicted molar refractivity (Wildman–Crippen MR) is 59.2 cm³/mol. The normalized spacial score (nSPS) is 10.2. The maximum atomic E-state index is 11.3. The first-order chi connectivity index (χ1) is 6.06. The maximum Gasteiger partial charge on any atom is 0.178 e. The van der Waals surface area contributed by atoms with E-state index in [0.29, 0.717) is 20.1 Å². The number of carbonyl (C=O) groups excluding carboxylic acids is 1. The van der Waals surface area contributed by atoms with Crippen molar-refractivity contribution in [3.05, 3.63) is 32.2 Å². The highest BCUT2D eigenvalue weighted by Gasteiger charge is 2.12. The van der Waals surface area contributed by atoms with Gasteiger partial charge in [-0.15, -0.1) is 11.6 Å². The molecule has 70 valence electrons. The summed E-state index contributed by atoms with van der Waals surface area (Å²) >= 11 is 20.1. The van der Waals surface area contributed by atoms with Crippen molar-refractivity contribution in [3.63, 3.8) is 0 Å². The van der Waals surface area contributed by atoms with E-state index in [4.69, 9.17) is 34.8 Å². The van der Waals surface area contributed by atoms with Crippen LogP contribution in [0.5, 0.6) is 0 Å². The average Bonchev–Trinajstić information content (AvgIpc) is 2.10. The molecule has 1 nitrogen and oxygen atoms in total. The third kappa shape index (κ3) is 2.59. The minimum absolute atomic E-state index is 0.0880. The molecule has 0 atom stereocenters. The second kappa shape index (κ2) is 4.65. The molecule has 0 unspecified atom stereocenters. The zero-order valence-electron chi connectivity index (χ0n) is 6.28. The molecule has 5 heteroatoms. The molecule has 0 amide bonds. The van der Waals surface area contributed by atoms with Crippen LogP contribution in [-0.2, 0) is 0 Å². The standard InChI is InChI=1S/C8H4BrCl3O/c9-8-5(7(13)3-10)1-4(11)2-6(8)12/h1-2H,3H2. The third-order valence-electron chi connectivity index (χ3n) is 1.41. The molecule has 0 spiro atoms. The van der Waals surface area contributed by atoms with Gasteiger partial charge in [-0.05, 0) is 28.1 Å². The number of alkyl halides is 1. The van der Waals surface area contributed by atoms with E-state index in [1.165, 1.54) is 6.07 Å². The van der Waals surface area contributed by atoms with Crippen LogP contribution in [0.1, 0.15) is 10.4 Å². The fourth-order valence-corrected chi connectivity index (χ4v) is 1.92. The molecule has 0 aliphatic rings. The summed E-state index contributed by atoms with van der Waals surface area (Å²) in [7, 11) is 0. The summed E-state index contributed by atoms with van der Waals surface area (Å²) in [6, 6.07) is 3.08. The fraction of sp³-hybridized carbons (Fsp3) is 0.125. The lowest BCUT2D eigenvalue weighted by molar-refractivity contribution is 0.102. The van der Waals surface area contributed by atoms with Crippen molar-refractivity contribution in [1.82, 2.24) is 0 Å². The minimum Gasteiger partial charge on any atom is -0.293 e. The number of ketones is 1. The Morgan fingerprint density at radius 1 is 1.38 bits per heavy atom. The van der Waals surface area contributed by atoms with Crippen LogP contribution in [0, 0.1) is 0 Å². The molecule has 0 bridgehead atoms. The molecule has 13 heavy (non-hydrogen) atoms. The highest BCUT2D eigenvalue weighted by Crippen LogP contribution is 2.30.